The zero-order valence-corrected chi connectivity index (χ0v) is 13.7. The minimum atomic E-state index is -0.211. The first-order valence-corrected chi connectivity index (χ1v) is 7.47. The average molecular weight is 328 g/mol. The summed E-state index contributed by atoms with van der Waals surface area (Å²) >= 11 is 0. The molecule has 2 N–H and O–H groups in total. The highest BCUT2D eigenvalue weighted by Gasteiger charge is 2.04. The van der Waals surface area contributed by atoms with Gasteiger partial charge in [0.05, 0.1) is 7.11 Å². The van der Waals surface area contributed by atoms with E-state index in [1.165, 1.54) is 6.92 Å². The molecule has 2 rings (SSSR count). The molecule has 126 valence electrons. The van der Waals surface area contributed by atoms with Gasteiger partial charge in [-0.2, -0.15) is 0 Å². The molecule has 0 aliphatic heterocycles. The van der Waals surface area contributed by atoms with Crippen molar-refractivity contribution in [3.63, 3.8) is 0 Å². The predicted molar refractivity (Wildman–Crippen MR) is 91.1 cm³/mol. The van der Waals surface area contributed by atoms with E-state index in [9.17, 15) is 9.59 Å². The maximum absolute atomic E-state index is 11.8. The molecule has 0 aromatic heterocycles. The van der Waals surface area contributed by atoms with Gasteiger partial charge < -0.3 is 20.1 Å². The SMILES string of the molecule is COc1ccc(CNC(=O)COc2ccc(NC(C)=O)cc2)cc1. The van der Waals surface area contributed by atoms with Crippen LogP contribution in [0.25, 0.3) is 0 Å². The van der Waals surface area contributed by atoms with Crippen molar-refractivity contribution in [2.24, 2.45) is 0 Å². The molecule has 0 aliphatic carbocycles. The van der Waals surface area contributed by atoms with Crippen LogP contribution in [0.2, 0.25) is 0 Å². The van der Waals surface area contributed by atoms with Crippen LogP contribution in [0.15, 0.2) is 48.5 Å². The normalized spacial score (nSPS) is 9.92. The number of anilines is 1. The van der Waals surface area contributed by atoms with Crippen LogP contribution in [0.4, 0.5) is 5.69 Å². The summed E-state index contributed by atoms with van der Waals surface area (Å²) in [4.78, 5) is 22.7. The fourth-order valence-corrected chi connectivity index (χ4v) is 1.98. The first-order chi connectivity index (χ1) is 11.6. The molecule has 0 fully saturated rings. The lowest BCUT2D eigenvalue weighted by Crippen LogP contribution is -2.28. The van der Waals surface area contributed by atoms with E-state index in [1.54, 1.807) is 31.4 Å². The second kappa shape index (κ2) is 8.57. The highest BCUT2D eigenvalue weighted by atomic mass is 16.5. The summed E-state index contributed by atoms with van der Waals surface area (Å²) in [5, 5.41) is 5.44. The third kappa shape index (κ3) is 5.64. The third-order valence-electron chi connectivity index (χ3n) is 3.19. The number of hydrogen-bond acceptors (Lipinski definition) is 4. The molecule has 2 aromatic rings. The van der Waals surface area contributed by atoms with Gasteiger partial charge in [-0.25, -0.2) is 0 Å². The molecular weight excluding hydrogens is 308 g/mol. The Kier molecular flexibility index (Phi) is 6.19. The minimum Gasteiger partial charge on any atom is -0.497 e. The third-order valence-corrected chi connectivity index (χ3v) is 3.19. The molecule has 0 spiro atoms. The van der Waals surface area contributed by atoms with Gasteiger partial charge in [-0.1, -0.05) is 12.1 Å². The van der Waals surface area contributed by atoms with Crippen LogP contribution in [0.1, 0.15) is 12.5 Å². The molecule has 0 heterocycles. The standard InChI is InChI=1S/C18H20N2O4/c1-13(21)20-15-5-9-17(10-6-15)24-12-18(22)19-11-14-3-7-16(23-2)8-4-14/h3-10H,11-12H2,1-2H3,(H,19,22)(H,20,21). The van der Waals surface area contributed by atoms with Crippen LogP contribution < -0.4 is 20.1 Å². The van der Waals surface area contributed by atoms with Crippen LogP contribution in [-0.2, 0) is 16.1 Å². The first kappa shape index (κ1) is 17.3. The number of carbonyl (C=O) groups excluding carboxylic acids is 2. The molecule has 6 nitrogen and oxygen atoms in total. The van der Waals surface area contributed by atoms with E-state index in [-0.39, 0.29) is 18.4 Å². The fourth-order valence-electron chi connectivity index (χ4n) is 1.98. The molecule has 0 unspecified atom stereocenters. The minimum absolute atomic E-state index is 0.0738. The lowest BCUT2D eigenvalue weighted by atomic mass is 10.2. The van der Waals surface area contributed by atoms with Gasteiger partial charge in [0.15, 0.2) is 6.61 Å². The monoisotopic (exact) mass is 328 g/mol. The molecule has 0 saturated carbocycles. The predicted octanol–water partition coefficient (Wildman–Crippen LogP) is 2.35. The van der Waals surface area contributed by atoms with Gasteiger partial charge in [-0.15, -0.1) is 0 Å². The smallest absolute Gasteiger partial charge is 0.258 e. The van der Waals surface area contributed by atoms with Crippen molar-refractivity contribution in [2.75, 3.05) is 19.0 Å². The number of rotatable bonds is 7. The molecule has 0 atom stereocenters. The van der Waals surface area contributed by atoms with Crippen molar-refractivity contribution in [1.82, 2.24) is 5.32 Å². The Balaban J connectivity index is 1.75. The Morgan fingerprint density at radius 1 is 0.958 bits per heavy atom. The summed E-state index contributed by atoms with van der Waals surface area (Å²) in [7, 11) is 1.61. The first-order valence-electron chi connectivity index (χ1n) is 7.47. The van der Waals surface area contributed by atoms with E-state index in [0.29, 0.717) is 18.0 Å². The Bertz CT molecular complexity index is 681. The number of hydrogen-bond donors (Lipinski definition) is 2. The zero-order valence-electron chi connectivity index (χ0n) is 13.7. The van der Waals surface area contributed by atoms with Crippen LogP contribution in [0, 0.1) is 0 Å². The molecule has 24 heavy (non-hydrogen) atoms. The number of methoxy groups -OCH3 is 1. The Morgan fingerprint density at radius 2 is 1.58 bits per heavy atom. The van der Waals surface area contributed by atoms with Gasteiger partial charge in [0.25, 0.3) is 5.91 Å². The summed E-state index contributed by atoms with van der Waals surface area (Å²) in [5.41, 5.74) is 1.66. The highest BCUT2D eigenvalue weighted by molar-refractivity contribution is 5.88. The summed E-state index contributed by atoms with van der Waals surface area (Å²) < 4.78 is 10.5. The molecule has 0 aliphatic rings. The number of nitrogens with one attached hydrogen (secondary N) is 2. The summed E-state index contributed by atoms with van der Waals surface area (Å²) in [6, 6.07) is 14.3. The molecular formula is C18H20N2O4. The van der Waals surface area contributed by atoms with E-state index < -0.39 is 0 Å². The van der Waals surface area contributed by atoms with E-state index in [2.05, 4.69) is 10.6 Å². The Labute approximate surface area is 140 Å². The van der Waals surface area contributed by atoms with Gasteiger partial charge in [-0.3, -0.25) is 9.59 Å². The van der Waals surface area contributed by atoms with Gasteiger partial charge in [0.2, 0.25) is 5.91 Å². The van der Waals surface area contributed by atoms with Crippen molar-refractivity contribution in [2.45, 2.75) is 13.5 Å². The van der Waals surface area contributed by atoms with Crippen molar-refractivity contribution < 1.29 is 19.1 Å². The Hall–Kier alpha value is -3.02. The Morgan fingerprint density at radius 3 is 2.17 bits per heavy atom. The average Bonchev–Trinajstić information content (AvgIpc) is 2.59. The number of ether oxygens (including phenoxy) is 2. The largest absolute Gasteiger partial charge is 0.497 e. The van der Waals surface area contributed by atoms with Crippen molar-refractivity contribution in [1.29, 1.82) is 0 Å². The van der Waals surface area contributed by atoms with Crippen molar-refractivity contribution in [3.05, 3.63) is 54.1 Å². The van der Waals surface area contributed by atoms with E-state index in [4.69, 9.17) is 9.47 Å². The molecule has 0 bridgehead atoms. The van der Waals surface area contributed by atoms with Crippen LogP contribution in [0.5, 0.6) is 11.5 Å². The lowest BCUT2D eigenvalue weighted by Gasteiger charge is -2.09. The van der Waals surface area contributed by atoms with Gasteiger partial charge in [0.1, 0.15) is 11.5 Å². The van der Waals surface area contributed by atoms with E-state index in [0.717, 1.165) is 11.3 Å². The number of benzene rings is 2. The summed E-state index contributed by atoms with van der Waals surface area (Å²) in [6.45, 7) is 1.79. The van der Waals surface area contributed by atoms with Crippen molar-refractivity contribution >= 4 is 17.5 Å². The van der Waals surface area contributed by atoms with Gasteiger partial charge >= 0.3 is 0 Å². The molecule has 2 aromatic carbocycles. The lowest BCUT2D eigenvalue weighted by molar-refractivity contribution is -0.123. The van der Waals surface area contributed by atoms with Crippen molar-refractivity contribution in [3.8, 4) is 11.5 Å². The maximum Gasteiger partial charge on any atom is 0.258 e. The highest BCUT2D eigenvalue weighted by Crippen LogP contribution is 2.15. The zero-order chi connectivity index (χ0) is 17.4. The summed E-state index contributed by atoms with van der Waals surface area (Å²) in [5.74, 6) is 0.984. The molecule has 6 heteroatoms. The van der Waals surface area contributed by atoms with Crippen LogP contribution in [0.3, 0.4) is 0 Å². The van der Waals surface area contributed by atoms with Gasteiger partial charge in [0, 0.05) is 19.2 Å². The van der Waals surface area contributed by atoms with Gasteiger partial charge in [-0.05, 0) is 42.0 Å². The quantitative estimate of drug-likeness (QED) is 0.818. The topological polar surface area (TPSA) is 76.7 Å². The summed E-state index contributed by atoms with van der Waals surface area (Å²) in [6.07, 6.45) is 0. The van der Waals surface area contributed by atoms with Crippen LogP contribution in [-0.4, -0.2) is 25.5 Å². The van der Waals surface area contributed by atoms with E-state index in [1.807, 2.05) is 24.3 Å². The molecule has 2 amide bonds. The maximum atomic E-state index is 11.8. The second-order valence-corrected chi connectivity index (χ2v) is 5.12. The second-order valence-electron chi connectivity index (χ2n) is 5.12. The van der Waals surface area contributed by atoms with Crippen LogP contribution >= 0.6 is 0 Å². The van der Waals surface area contributed by atoms with E-state index >= 15 is 0 Å². The number of amides is 2. The molecule has 0 saturated heterocycles. The number of carbonyl (C=O) groups is 2. The molecule has 0 radical (unpaired) electrons. The fraction of sp³-hybridized carbons (Fsp3) is 0.222.